The van der Waals surface area contributed by atoms with Gasteiger partial charge in [0.2, 0.25) is 5.91 Å². The Balaban J connectivity index is 1.74. The molecule has 31 heavy (non-hydrogen) atoms. The van der Waals surface area contributed by atoms with Crippen molar-refractivity contribution >= 4 is 22.9 Å². The zero-order valence-corrected chi connectivity index (χ0v) is 18.2. The normalized spacial score (nSPS) is 18.3. The Morgan fingerprint density at radius 2 is 2.13 bits per heavy atom. The van der Waals surface area contributed by atoms with E-state index >= 15 is 0 Å². The summed E-state index contributed by atoms with van der Waals surface area (Å²) in [4.78, 5) is 31.5. The fourth-order valence-electron chi connectivity index (χ4n) is 4.30. The van der Waals surface area contributed by atoms with Gasteiger partial charge in [-0.05, 0) is 32.3 Å². The Hall–Kier alpha value is -3.56. The molecule has 10 heteroatoms. The Bertz CT molecular complexity index is 1210. The van der Waals surface area contributed by atoms with Crippen LogP contribution in [0.3, 0.4) is 0 Å². The van der Waals surface area contributed by atoms with E-state index in [9.17, 15) is 9.59 Å². The van der Waals surface area contributed by atoms with Crippen molar-refractivity contribution in [2.24, 2.45) is 7.05 Å². The second kappa shape index (κ2) is 7.93. The fourth-order valence-corrected chi connectivity index (χ4v) is 4.30. The number of hydrogen-bond donors (Lipinski definition) is 1. The lowest BCUT2D eigenvalue weighted by Crippen LogP contribution is -2.35. The summed E-state index contributed by atoms with van der Waals surface area (Å²) in [5.74, 6) is 0.345. The molecule has 0 aromatic carbocycles. The molecule has 0 aliphatic heterocycles. The molecule has 164 valence electrons. The van der Waals surface area contributed by atoms with Crippen molar-refractivity contribution in [3.8, 4) is 5.88 Å². The van der Waals surface area contributed by atoms with E-state index in [1.807, 2.05) is 20.2 Å². The maximum atomic E-state index is 13.3. The average Bonchev–Trinajstić information content (AvgIpc) is 3.47. The zero-order valence-electron chi connectivity index (χ0n) is 18.2. The number of methoxy groups -OCH3 is 1. The van der Waals surface area contributed by atoms with Gasteiger partial charge in [-0.25, -0.2) is 14.2 Å². The monoisotopic (exact) mass is 425 g/mol. The van der Waals surface area contributed by atoms with Crippen LogP contribution in [0, 0.1) is 6.92 Å². The number of nitrogens with zero attached hydrogens (tertiary/aromatic N) is 6. The number of likely N-dealkylation sites (N-methyl/N-ethyl adjacent to an activating group) is 1. The fraction of sp³-hybridized carbons (Fsp3) is 0.429. The van der Waals surface area contributed by atoms with Gasteiger partial charge in [0.25, 0.3) is 5.88 Å². The van der Waals surface area contributed by atoms with Gasteiger partial charge in [0.05, 0.1) is 19.0 Å². The van der Waals surface area contributed by atoms with Gasteiger partial charge in [0, 0.05) is 44.3 Å². The van der Waals surface area contributed by atoms with Gasteiger partial charge in [0.15, 0.2) is 5.65 Å². The molecule has 10 nitrogen and oxygen atoms in total. The van der Waals surface area contributed by atoms with Crippen molar-refractivity contribution in [1.82, 2.24) is 28.6 Å². The van der Waals surface area contributed by atoms with Crippen LogP contribution in [0.5, 0.6) is 5.88 Å². The lowest BCUT2D eigenvalue weighted by Gasteiger charge is -2.24. The minimum Gasteiger partial charge on any atom is -0.478 e. The predicted octanol–water partition coefficient (Wildman–Crippen LogP) is 2.03. The van der Waals surface area contributed by atoms with Crippen molar-refractivity contribution in [2.75, 3.05) is 19.5 Å². The molecule has 1 fully saturated rings. The molecule has 4 rings (SSSR count). The van der Waals surface area contributed by atoms with Gasteiger partial charge in [-0.3, -0.25) is 14.0 Å². The Labute approximate surface area is 179 Å². The standard InChI is InChI=1S/C21H27N7O3/c1-6-18(29)26(4)14-7-8-15(9-14)27-12-16(19-22-10-13(2)28(19)21(27)30)23-17-11-25(3)24-20(17)31-5/h6,10-12,14-15,23H,1,7-9H2,2-5H3. The molecule has 1 N–H and O–H groups in total. The van der Waals surface area contributed by atoms with E-state index < -0.39 is 0 Å². The summed E-state index contributed by atoms with van der Waals surface area (Å²) >= 11 is 0. The minimum absolute atomic E-state index is 0.0277. The maximum Gasteiger partial charge on any atom is 0.334 e. The number of amides is 1. The zero-order chi connectivity index (χ0) is 22.3. The van der Waals surface area contributed by atoms with Gasteiger partial charge >= 0.3 is 5.69 Å². The topological polar surface area (TPSA) is 98.7 Å². The molecular weight excluding hydrogens is 398 g/mol. The summed E-state index contributed by atoms with van der Waals surface area (Å²) in [7, 11) is 5.15. The third-order valence-corrected chi connectivity index (χ3v) is 5.96. The maximum absolute atomic E-state index is 13.3. The summed E-state index contributed by atoms with van der Waals surface area (Å²) in [6, 6.07) is 0.0388. The Kier molecular flexibility index (Phi) is 5.30. The van der Waals surface area contributed by atoms with Gasteiger partial charge in [-0.1, -0.05) is 6.58 Å². The smallest absolute Gasteiger partial charge is 0.334 e. The van der Waals surface area contributed by atoms with Crippen molar-refractivity contribution in [1.29, 1.82) is 0 Å². The lowest BCUT2D eigenvalue weighted by atomic mass is 10.2. The van der Waals surface area contributed by atoms with Gasteiger partial charge in [0.1, 0.15) is 5.69 Å². The van der Waals surface area contributed by atoms with E-state index in [2.05, 4.69) is 22.0 Å². The third kappa shape index (κ3) is 3.58. The average molecular weight is 425 g/mol. The molecule has 1 aliphatic carbocycles. The van der Waals surface area contributed by atoms with Crippen LogP contribution in [-0.2, 0) is 11.8 Å². The molecule has 0 bridgehead atoms. The first-order valence-electron chi connectivity index (χ1n) is 10.2. The molecule has 3 heterocycles. The number of nitrogens with one attached hydrogen (secondary N) is 1. The number of carbonyl (C=O) groups excluding carboxylic acids is 1. The Morgan fingerprint density at radius 1 is 1.35 bits per heavy atom. The molecule has 1 aliphatic rings. The van der Waals surface area contributed by atoms with E-state index in [-0.39, 0.29) is 23.7 Å². The Morgan fingerprint density at radius 3 is 2.84 bits per heavy atom. The van der Waals surface area contributed by atoms with E-state index in [0.717, 1.165) is 18.5 Å². The quantitative estimate of drug-likeness (QED) is 0.607. The van der Waals surface area contributed by atoms with Crippen LogP contribution in [0.25, 0.3) is 5.65 Å². The molecule has 1 saturated carbocycles. The van der Waals surface area contributed by atoms with Crippen LogP contribution in [0.2, 0.25) is 0 Å². The number of anilines is 2. The van der Waals surface area contributed by atoms with Crippen molar-refractivity contribution < 1.29 is 9.53 Å². The van der Waals surface area contributed by atoms with E-state index in [0.29, 0.717) is 29.3 Å². The number of imidazole rings is 1. The minimum atomic E-state index is -0.142. The highest BCUT2D eigenvalue weighted by Gasteiger charge is 2.31. The lowest BCUT2D eigenvalue weighted by molar-refractivity contribution is -0.126. The van der Waals surface area contributed by atoms with Crippen LogP contribution in [0.15, 0.2) is 36.0 Å². The molecule has 3 aromatic heterocycles. The van der Waals surface area contributed by atoms with Crippen molar-refractivity contribution in [3.05, 3.63) is 47.4 Å². The van der Waals surface area contributed by atoms with E-state index in [1.165, 1.54) is 6.08 Å². The molecule has 2 unspecified atom stereocenters. The number of rotatable bonds is 6. The van der Waals surface area contributed by atoms with Gasteiger partial charge in [-0.15, -0.1) is 5.10 Å². The van der Waals surface area contributed by atoms with Crippen LogP contribution in [0.4, 0.5) is 11.4 Å². The number of aryl methyl sites for hydroxylation is 2. The number of aromatic nitrogens is 5. The first-order valence-corrected chi connectivity index (χ1v) is 10.2. The highest BCUT2D eigenvalue weighted by atomic mass is 16.5. The molecular formula is C21H27N7O3. The second-order valence-electron chi connectivity index (χ2n) is 7.92. The van der Waals surface area contributed by atoms with Crippen LogP contribution >= 0.6 is 0 Å². The highest BCUT2D eigenvalue weighted by molar-refractivity contribution is 5.87. The summed E-state index contributed by atoms with van der Waals surface area (Å²) < 4.78 is 10.4. The molecule has 2 atom stereocenters. The molecule has 0 saturated heterocycles. The predicted molar refractivity (Wildman–Crippen MR) is 117 cm³/mol. The second-order valence-corrected chi connectivity index (χ2v) is 7.92. The van der Waals surface area contributed by atoms with Crippen LogP contribution < -0.4 is 15.7 Å². The van der Waals surface area contributed by atoms with Gasteiger partial charge < -0.3 is 15.0 Å². The third-order valence-electron chi connectivity index (χ3n) is 5.96. The molecule has 0 radical (unpaired) electrons. The van der Waals surface area contributed by atoms with E-state index in [1.54, 1.807) is 45.1 Å². The first-order chi connectivity index (χ1) is 14.8. The highest BCUT2D eigenvalue weighted by Crippen LogP contribution is 2.34. The summed E-state index contributed by atoms with van der Waals surface area (Å²) in [5.41, 5.74) is 2.51. The summed E-state index contributed by atoms with van der Waals surface area (Å²) in [6.45, 7) is 5.42. The summed E-state index contributed by atoms with van der Waals surface area (Å²) in [5, 5.41) is 7.60. The number of fused-ring (bicyclic) bond motifs is 1. The SMILES string of the molecule is C=CC(=O)N(C)C1CCC(n2cc(Nc3cn(C)nc3OC)c3ncc(C)n3c2=O)C1. The van der Waals surface area contributed by atoms with Crippen LogP contribution in [-0.4, -0.2) is 54.7 Å². The molecule has 0 spiro atoms. The first kappa shape index (κ1) is 20.7. The molecule has 1 amide bonds. The van der Waals surface area contributed by atoms with Gasteiger partial charge in [-0.2, -0.15) is 0 Å². The number of hydrogen-bond acceptors (Lipinski definition) is 6. The largest absolute Gasteiger partial charge is 0.478 e. The molecule has 3 aromatic rings. The van der Waals surface area contributed by atoms with Crippen molar-refractivity contribution in [2.45, 2.75) is 38.3 Å². The van der Waals surface area contributed by atoms with E-state index in [4.69, 9.17) is 4.74 Å². The number of ether oxygens (including phenoxy) is 1. The summed E-state index contributed by atoms with van der Waals surface area (Å²) in [6.07, 6.45) is 8.94. The van der Waals surface area contributed by atoms with Crippen LogP contribution in [0.1, 0.15) is 31.0 Å². The number of carbonyl (C=O) groups is 1. The van der Waals surface area contributed by atoms with Crippen molar-refractivity contribution in [3.63, 3.8) is 0 Å².